The molecule has 0 saturated carbocycles. The van der Waals surface area contributed by atoms with E-state index in [9.17, 15) is 8.42 Å². The summed E-state index contributed by atoms with van der Waals surface area (Å²) >= 11 is 3.23. The van der Waals surface area contributed by atoms with Crippen LogP contribution in [0.5, 0.6) is 0 Å². The molecule has 5 nitrogen and oxygen atoms in total. The number of aryl methyl sites for hydroxylation is 2. The van der Waals surface area contributed by atoms with Gasteiger partial charge in [-0.05, 0) is 41.9 Å². The highest BCUT2D eigenvalue weighted by Crippen LogP contribution is 2.25. The third-order valence-electron chi connectivity index (χ3n) is 2.49. The Morgan fingerprint density at radius 1 is 1.28 bits per heavy atom. The summed E-state index contributed by atoms with van der Waals surface area (Å²) in [6.45, 7) is 3.50. The van der Waals surface area contributed by atoms with E-state index in [0.29, 0.717) is 21.5 Å². The van der Waals surface area contributed by atoms with Crippen molar-refractivity contribution >= 4 is 31.6 Å². The first kappa shape index (κ1) is 13.1. The molecule has 0 atom stereocenters. The number of hydrogen-bond donors (Lipinski definition) is 2. The molecule has 18 heavy (non-hydrogen) atoms. The maximum absolute atomic E-state index is 12.2. The summed E-state index contributed by atoms with van der Waals surface area (Å²) in [4.78, 5) is 0.199. The monoisotopic (exact) mass is 329 g/mol. The van der Waals surface area contributed by atoms with Crippen molar-refractivity contribution < 1.29 is 8.42 Å². The molecule has 0 bridgehead atoms. The molecular weight excluding hydrogens is 318 g/mol. The number of nitrogens with zero attached hydrogens (tertiary/aromatic N) is 1. The summed E-state index contributed by atoms with van der Waals surface area (Å²) in [5.41, 5.74) is 1.79. The number of aromatic nitrogens is 2. The molecule has 0 aliphatic heterocycles. The first-order valence-corrected chi connectivity index (χ1v) is 7.48. The lowest BCUT2D eigenvalue weighted by atomic mass is 10.3. The molecular formula is C11H12BrN3O2S. The van der Waals surface area contributed by atoms with Gasteiger partial charge < -0.3 is 0 Å². The number of nitrogens with one attached hydrogen (secondary N) is 2. The molecule has 0 aliphatic carbocycles. The molecule has 2 aromatic rings. The average Bonchev–Trinajstić information content (AvgIpc) is 2.61. The SMILES string of the molecule is Cc1n[nH]c(C)c1NS(=O)(=O)c1ccccc1Br. The highest BCUT2D eigenvalue weighted by atomic mass is 79.9. The zero-order chi connectivity index (χ0) is 13.3. The number of sulfonamides is 1. The average molecular weight is 330 g/mol. The molecule has 1 heterocycles. The quantitative estimate of drug-likeness (QED) is 0.908. The van der Waals surface area contributed by atoms with E-state index in [1.165, 1.54) is 6.07 Å². The standard InChI is InChI=1S/C11H12BrN3O2S/c1-7-11(8(2)14-13-7)15-18(16,17)10-6-4-3-5-9(10)12/h3-6,15H,1-2H3,(H,13,14). The van der Waals surface area contributed by atoms with E-state index in [2.05, 4.69) is 30.8 Å². The predicted octanol–water partition coefficient (Wildman–Crippen LogP) is 2.59. The van der Waals surface area contributed by atoms with Gasteiger partial charge in [0.15, 0.2) is 0 Å². The lowest BCUT2D eigenvalue weighted by Gasteiger charge is -2.09. The summed E-state index contributed by atoms with van der Waals surface area (Å²) in [6.07, 6.45) is 0. The van der Waals surface area contributed by atoms with Crippen LogP contribution in [-0.2, 0) is 10.0 Å². The second kappa shape index (κ2) is 4.74. The van der Waals surface area contributed by atoms with Crippen molar-refractivity contribution in [1.29, 1.82) is 0 Å². The van der Waals surface area contributed by atoms with E-state index >= 15 is 0 Å². The molecule has 2 rings (SSSR count). The number of hydrogen-bond acceptors (Lipinski definition) is 3. The minimum Gasteiger partial charge on any atom is -0.280 e. The smallest absolute Gasteiger partial charge is 0.263 e. The van der Waals surface area contributed by atoms with Crippen molar-refractivity contribution in [2.45, 2.75) is 18.7 Å². The van der Waals surface area contributed by atoms with Gasteiger partial charge in [0.1, 0.15) is 4.90 Å². The normalized spacial score (nSPS) is 11.5. The van der Waals surface area contributed by atoms with E-state index in [1.54, 1.807) is 32.0 Å². The van der Waals surface area contributed by atoms with Crippen LogP contribution in [0.25, 0.3) is 0 Å². The molecule has 0 spiro atoms. The predicted molar refractivity (Wildman–Crippen MR) is 73.0 cm³/mol. The molecule has 0 radical (unpaired) electrons. The van der Waals surface area contributed by atoms with Crippen LogP contribution in [-0.4, -0.2) is 18.6 Å². The molecule has 1 aromatic carbocycles. The van der Waals surface area contributed by atoms with Crippen LogP contribution in [0.2, 0.25) is 0 Å². The van der Waals surface area contributed by atoms with E-state index < -0.39 is 10.0 Å². The van der Waals surface area contributed by atoms with Gasteiger partial charge in [-0.1, -0.05) is 12.1 Å². The van der Waals surface area contributed by atoms with Crippen molar-refractivity contribution in [1.82, 2.24) is 10.2 Å². The van der Waals surface area contributed by atoms with Crippen LogP contribution in [0.4, 0.5) is 5.69 Å². The van der Waals surface area contributed by atoms with Crippen LogP contribution in [0.1, 0.15) is 11.4 Å². The van der Waals surface area contributed by atoms with Gasteiger partial charge in [0.05, 0.1) is 17.1 Å². The summed E-state index contributed by atoms with van der Waals surface area (Å²) < 4.78 is 27.5. The van der Waals surface area contributed by atoms with Crippen LogP contribution in [0.15, 0.2) is 33.6 Å². The zero-order valence-electron chi connectivity index (χ0n) is 9.86. The largest absolute Gasteiger partial charge is 0.280 e. The number of anilines is 1. The van der Waals surface area contributed by atoms with Gasteiger partial charge in [-0.25, -0.2) is 8.42 Å². The van der Waals surface area contributed by atoms with Crippen LogP contribution >= 0.6 is 15.9 Å². The maximum Gasteiger partial charge on any atom is 0.263 e. The Morgan fingerprint density at radius 3 is 2.50 bits per heavy atom. The third-order valence-corrected chi connectivity index (χ3v) is 4.85. The Hall–Kier alpha value is -1.34. The number of halogens is 1. The van der Waals surface area contributed by atoms with E-state index in [1.807, 2.05) is 0 Å². The van der Waals surface area contributed by atoms with Gasteiger partial charge >= 0.3 is 0 Å². The Labute approximate surface area is 114 Å². The fourth-order valence-electron chi connectivity index (χ4n) is 1.55. The second-order valence-electron chi connectivity index (χ2n) is 3.84. The van der Waals surface area contributed by atoms with Gasteiger partial charge in [0.25, 0.3) is 10.0 Å². The molecule has 0 saturated heterocycles. The van der Waals surface area contributed by atoms with Crippen molar-refractivity contribution in [3.8, 4) is 0 Å². The maximum atomic E-state index is 12.2. The van der Waals surface area contributed by atoms with Gasteiger partial charge in [-0.2, -0.15) is 5.10 Å². The Bertz CT molecular complexity index is 660. The molecule has 0 aliphatic rings. The molecule has 96 valence electrons. The molecule has 1 aromatic heterocycles. The van der Waals surface area contributed by atoms with Crippen LogP contribution in [0.3, 0.4) is 0 Å². The van der Waals surface area contributed by atoms with Crippen molar-refractivity contribution in [3.63, 3.8) is 0 Å². The zero-order valence-corrected chi connectivity index (χ0v) is 12.3. The number of H-pyrrole nitrogens is 1. The number of aromatic amines is 1. The van der Waals surface area contributed by atoms with E-state index in [-0.39, 0.29) is 4.90 Å². The molecule has 0 amide bonds. The van der Waals surface area contributed by atoms with Crippen molar-refractivity contribution in [3.05, 3.63) is 40.1 Å². The van der Waals surface area contributed by atoms with Crippen molar-refractivity contribution in [2.75, 3.05) is 4.72 Å². The summed E-state index contributed by atoms with van der Waals surface area (Å²) in [6, 6.07) is 6.66. The summed E-state index contributed by atoms with van der Waals surface area (Å²) in [7, 11) is -3.62. The summed E-state index contributed by atoms with van der Waals surface area (Å²) in [5, 5.41) is 6.69. The van der Waals surface area contributed by atoms with E-state index in [0.717, 1.165) is 0 Å². The van der Waals surface area contributed by atoms with Gasteiger partial charge in [-0.15, -0.1) is 0 Å². The highest BCUT2D eigenvalue weighted by Gasteiger charge is 2.20. The Kier molecular flexibility index (Phi) is 3.45. The molecule has 2 N–H and O–H groups in total. The van der Waals surface area contributed by atoms with Gasteiger partial charge in [0.2, 0.25) is 0 Å². The molecule has 0 fully saturated rings. The highest BCUT2D eigenvalue weighted by molar-refractivity contribution is 9.10. The fourth-order valence-corrected chi connectivity index (χ4v) is 3.74. The Balaban J connectivity index is 2.43. The molecule has 0 unspecified atom stereocenters. The first-order valence-electron chi connectivity index (χ1n) is 5.21. The second-order valence-corrected chi connectivity index (χ2v) is 6.35. The summed E-state index contributed by atoms with van der Waals surface area (Å²) in [5.74, 6) is 0. The minimum absolute atomic E-state index is 0.199. The molecule has 7 heteroatoms. The first-order chi connectivity index (χ1) is 8.42. The van der Waals surface area contributed by atoms with Gasteiger partial charge in [-0.3, -0.25) is 9.82 Å². The van der Waals surface area contributed by atoms with Crippen LogP contribution in [0, 0.1) is 13.8 Å². The minimum atomic E-state index is -3.62. The third kappa shape index (κ3) is 2.41. The van der Waals surface area contributed by atoms with Crippen LogP contribution < -0.4 is 4.72 Å². The number of rotatable bonds is 3. The number of benzene rings is 1. The van der Waals surface area contributed by atoms with Gasteiger partial charge in [0, 0.05) is 4.47 Å². The van der Waals surface area contributed by atoms with Crippen molar-refractivity contribution in [2.24, 2.45) is 0 Å². The topological polar surface area (TPSA) is 74.8 Å². The Morgan fingerprint density at radius 2 is 1.94 bits per heavy atom. The lowest BCUT2D eigenvalue weighted by Crippen LogP contribution is -2.14. The van der Waals surface area contributed by atoms with E-state index in [4.69, 9.17) is 0 Å². The fraction of sp³-hybridized carbons (Fsp3) is 0.182. The lowest BCUT2D eigenvalue weighted by molar-refractivity contribution is 0.600.